The molecule has 0 spiro atoms. The van der Waals surface area contributed by atoms with Gasteiger partial charge in [-0.2, -0.15) is 0 Å². The van der Waals surface area contributed by atoms with Crippen LogP contribution in [0.3, 0.4) is 0 Å². The lowest BCUT2D eigenvalue weighted by Crippen LogP contribution is -2.48. The fourth-order valence-corrected chi connectivity index (χ4v) is 2.67. The fraction of sp³-hybridized carbons (Fsp3) is 0.500. The zero-order chi connectivity index (χ0) is 19.1. The number of benzene rings is 1. The number of guanidine groups is 1. The summed E-state index contributed by atoms with van der Waals surface area (Å²) in [6, 6.07) is 6.51. The number of aliphatic imine (C=N–C) groups is 1. The van der Waals surface area contributed by atoms with Crippen LogP contribution in [0.15, 0.2) is 34.2 Å². The lowest BCUT2D eigenvalue weighted by atomic mass is 10.1. The highest BCUT2D eigenvalue weighted by Gasteiger charge is 2.14. The number of carbonyl (C=O) groups excluding carboxylic acids is 1. The standard InChI is InChI=1S/C16H27N5O3S.HI/c1-16(2,3)21-14(22)11-20-15(17-4)19-10-12-6-8-13(9-7-12)25(23,24)18-5;/h6-9,18H,10-11H2,1-5H3,(H,21,22)(H2,17,19,20);1H. The van der Waals surface area contributed by atoms with E-state index in [1.54, 1.807) is 19.2 Å². The van der Waals surface area contributed by atoms with Crippen LogP contribution in [0.5, 0.6) is 0 Å². The topological polar surface area (TPSA) is 112 Å². The van der Waals surface area contributed by atoms with E-state index in [0.717, 1.165) is 5.56 Å². The predicted octanol–water partition coefficient (Wildman–Crippen LogP) is 0.792. The number of nitrogens with zero attached hydrogens (tertiary/aromatic N) is 1. The summed E-state index contributed by atoms with van der Waals surface area (Å²) in [4.78, 5) is 16.1. The minimum atomic E-state index is -3.44. The predicted molar refractivity (Wildman–Crippen MR) is 114 cm³/mol. The van der Waals surface area contributed by atoms with Crippen molar-refractivity contribution in [1.29, 1.82) is 0 Å². The Hall–Kier alpha value is -1.40. The molecule has 148 valence electrons. The molecule has 0 bridgehead atoms. The van der Waals surface area contributed by atoms with E-state index in [-0.39, 0.29) is 46.9 Å². The monoisotopic (exact) mass is 497 g/mol. The van der Waals surface area contributed by atoms with Gasteiger partial charge in [-0.15, -0.1) is 24.0 Å². The molecule has 4 N–H and O–H groups in total. The number of halogens is 1. The molecule has 0 radical (unpaired) electrons. The summed E-state index contributed by atoms with van der Waals surface area (Å²) < 4.78 is 25.6. The lowest BCUT2D eigenvalue weighted by molar-refractivity contribution is -0.121. The van der Waals surface area contributed by atoms with Crippen LogP contribution in [0, 0.1) is 0 Å². The molecule has 1 aromatic rings. The number of sulfonamides is 1. The van der Waals surface area contributed by atoms with E-state index < -0.39 is 10.0 Å². The molecule has 0 heterocycles. The van der Waals surface area contributed by atoms with E-state index in [2.05, 4.69) is 25.7 Å². The van der Waals surface area contributed by atoms with Gasteiger partial charge in [0.25, 0.3) is 0 Å². The number of amides is 1. The van der Waals surface area contributed by atoms with Crippen molar-refractivity contribution in [2.75, 3.05) is 20.6 Å². The van der Waals surface area contributed by atoms with Crippen LogP contribution < -0.4 is 20.7 Å². The van der Waals surface area contributed by atoms with Crippen molar-refractivity contribution in [2.45, 2.75) is 37.8 Å². The minimum Gasteiger partial charge on any atom is -0.352 e. The van der Waals surface area contributed by atoms with Gasteiger partial charge in [-0.05, 0) is 45.5 Å². The second-order valence-corrected chi connectivity index (χ2v) is 8.32. The molecule has 0 aliphatic carbocycles. The first-order valence-corrected chi connectivity index (χ1v) is 9.34. The van der Waals surface area contributed by atoms with Gasteiger partial charge in [-0.3, -0.25) is 9.79 Å². The molecule has 0 aromatic heterocycles. The van der Waals surface area contributed by atoms with E-state index in [0.29, 0.717) is 12.5 Å². The van der Waals surface area contributed by atoms with Crippen LogP contribution in [-0.2, 0) is 21.4 Å². The summed E-state index contributed by atoms with van der Waals surface area (Å²) in [5.74, 6) is 0.355. The first kappa shape index (κ1) is 24.6. The molecule has 0 aliphatic rings. The summed E-state index contributed by atoms with van der Waals surface area (Å²) >= 11 is 0. The average Bonchev–Trinajstić information content (AvgIpc) is 2.53. The Bertz CT molecular complexity index is 712. The molecular formula is C16H28IN5O3S. The van der Waals surface area contributed by atoms with Crippen LogP contribution in [0.2, 0.25) is 0 Å². The summed E-state index contributed by atoms with van der Waals surface area (Å²) in [5, 5.41) is 8.85. The van der Waals surface area contributed by atoms with Crippen molar-refractivity contribution in [3.8, 4) is 0 Å². The van der Waals surface area contributed by atoms with E-state index in [4.69, 9.17) is 0 Å². The first-order valence-electron chi connectivity index (χ1n) is 7.85. The molecule has 26 heavy (non-hydrogen) atoms. The highest BCUT2D eigenvalue weighted by Crippen LogP contribution is 2.09. The molecule has 0 fully saturated rings. The minimum absolute atomic E-state index is 0. The van der Waals surface area contributed by atoms with Gasteiger partial charge < -0.3 is 16.0 Å². The number of nitrogens with one attached hydrogen (secondary N) is 4. The normalized spacial score (nSPS) is 12.1. The molecule has 0 saturated heterocycles. The molecule has 10 heteroatoms. The highest BCUT2D eigenvalue weighted by atomic mass is 127. The first-order chi connectivity index (χ1) is 11.6. The van der Waals surface area contributed by atoms with Crippen molar-refractivity contribution in [3.63, 3.8) is 0 Å². The van der Waals surface area contributed by atoms with Gasteiger partial charge in [0, 0.05) is 19.1 Å². The number of hydrogen-bond acceptors (Lipinski definition) is 4. The SMILES string of the molecule is CN=C(NCC(=O)NC(C)(C)C)NCc1ccc(S(=O)(=O)NC)cc1.I. The maximum atomic E-state index is 11.8. The van der Waals surface area contributed by atoms with Crippen LogP contribution in [-0.4, -0.2) is 46.5 Å². The Morgan fingerprint density at radius 2 is 1.69 bits per heavy atom. The van der Waals surface area contributed by atoms with Gasteiger partial charge >= 0.3 is 0 Å². The molecule has 0 saturated carbocycles. The Kier molecular flexibility index (Phi) is 10.1. The van der Waals surface area contributed by atoms with Gasteiger partial charge in [-0.25, -0.2) is 13.1 Å². The molecule has 0 unspecified atom stereocenters. The van der Waals surface area contributed by atoms with Gasteiger partial charge in [-0.1, -0.05) is 12.1 Å². The van der Waals surface area contributed by atoms with Crippen molar-refractivity contribution in [2.24, 2.45) is 4.99 Å². The Balaban J connectivity index is 0.00000625. The summed E-state index contributed by atoms with van der Waals surface area (Å²) in [6.07, 6.45) is 0. The maximum Gasteiger partial charge on any atom is 0.240 e. The van der Waals surface area contributed by atoms with E-state index in [1.807, 2.05) is 20.8 Å². The largest absolute Gasteiger partial charge is 0.352 e. The summed E-state index contributed by atoms with van der Waals surface area (Å²) in [6.45, 7) is 6.29. The molecule has 0 atom stereocenters. The number of rotatable bonds is 6. The lowest BCUT2D eigenvalue weighted by Gasteiger charge is -2.21. The third kappa shape index (κ3) is 8.81. The smallest absolute Gasteiger partial charge is 0.240 e. The zero-order valence-corrected chi connectivity index (χ0v) is 18.9. The van der Waals surface area contributed by atoms with E-state index >= 15 is 0 Å². The molecule has 1 aromatic carbocycles. The van der Waals surface area contributed by atoms with Crippen molar-refractivity contribution < 1.29 is 13.2 Å². The van der Waals surface area contributed by atoms with Crippen molar-refractivity contribution in [3.05, 3.63) is 29.8 Å². The number of hydrogen-bond donors (Lipinski definition) is 4. The molecule has 0 aliphatic heterocycles. The maximum absolute atomic E-state index is 11.8. The molecule has 1 amide bonds. The van der Waals surface area contributed by atoms with Crippen molar-refractivity contribution in [1.82, 2.24) is 20.7 Å². The Morgan fingerprint density at radius 3 is 2.15 bits per heavy atom. The Morgan fingerprint density at radius 1 is 1.12 bits per heavy atom. The van der Waals surface area contributed by atoms with Gasteiger partial charge in [0.15, 0.2) is 5.96 Å². The van der Waals surface area contributed by atoms with Crippen LogP contribution >= 0.6 is 24.0 Å². The van der Waals surface area contributed by atoms with E-state index in [1.165, 1.54) is 19.2 Å². The average molecular weight is 497 g/mol. The van der Waals surface area contributed by atoms with Gasteiger partial charge in [0.2, 0.25) is 15.9 Å². The van der Waals surface area contributed by atoms with Crippen LogP contribution in [0.4, 0.5) is 0 Å². The fourth-order valence-electron chi connectivity index (χ4n) is 1.94. The highest BCUT2D eigenvalue weighted by molar-refractivity contribution is 14.0. The third-order valence-electron chi connectivity index (χ3n) is 3.12. The van der Waals surface area contributed by atoms with Crippen molar-refractivity contribution >= 4 is 45.9 Å². The molecule has 1 rings (SSSR count). The number of carbonyl (C=O) groups is 1. The summed E-state index contributed by atoms with van der Waals surface area (Å²) in [5.41, 5.74) is 0.600. The molecular weight excluding hydrogens is 469 g/mol. The van der Waals surface area contributed by atoms with E-state index in [9.17, 15) is 13.2 Å². The molecule has 8 nitrogen and oxygen atoms in total. The van der Waals surface area contributed by atoms with Gasteiger partial charge in [0.1, 0.15) is 0 Å². The zero-order valence-electron chi connectivity index (χ0n) is 15.7. The van der Waals surface area contributed by atoms with Crippen LogP contribution in [0.1, 0.15) is 26.3 Å². The quantitative estimate of drug-likeness (QED) is 0.264. The summed E-state index contributed by atoms with van der Waals surface area (Å²) in [7, 11) is -0.453. The van der Waals surface area contributed by atoms with Crippen LogP contribution in [0.25, 0.3) is 0 Å². The third-order valence-corrected chi connectivity index (χ3v) is 4.55. The second kappa shape index (κ2) is 10.7. The Labute approximate surface area is 172 Å². The van der Waals surface area contributed by atoms with Gasteiger partial charge in [0.05, 0.1) is 11.4 Å². The second-order valence-electron chi connectivity index (χ2n) is 6.43.